The largest absolute Gasteiger partial charge is 0.393 e. The molecule has 1 aromatic carbocycles. The molecule has 1 aromatic rings. The summed E-state index contributed by atoms with van der Waals surface area (Å²) in [6.45, 7) is 0. The molecule has 18 heavy (non-hydrogen) atoms. The van der Waals surface area contributed by atoms with E-state index in [0.717, 1.165) is 31.4 Å². The quantitative estimate of drug-likeness (QED) is 0.584. The van der Waals surface area contributed by atoms with E-state index in [9.17, 15) is 5.11 Å². The summed E-state index contributed by atoms with van der Waals surface area (Å²) in [6.07, 6.45) is 3.71. The van der Waals surface area contributed by atoms with Gasteiger partial charge < -0.3 is 15.7 Å². The molecule has 2 fully saturated rings. The molecule has 0 saturated carbocycles. The number of rotatable bonds is 1. The van der Waals surface area contributed by atoms with E-state index >= 15 is 0 Å². The first kappa shape index (κ1) is 11.5. The third kappa shape index (κ3) is 2.08. The van der Waals surface area contributed by atoms with Gasteiger partial charge in [-0.2, -0.15) is 0 Å². The van der Waals surface area contributed by atoms with E-state index in [1.54, 1.807) is 0 Å². The van der Waals surface area contributed by atoms with Gasteiger partial charge in [-0.25, -0.2) is 4.99 Å². The van der Waals surface area contributed by atoms with E-state index in [0.29, 0.717) is 18.0 Å². The normalized spacial score (nSPS) is 31.7. The van der Waals surface area contributed by atoms with E-state index in [1.807, 2.05) is 30.3 Å². The first-order valence-corrected chi connectivity index (χ1v) is 6.59. The van der Waals surface area contributed by atoms with Crippen molar-refractivity contribution in [1.29, 1.82) is 0 Å². The minimum absolute atomic E-state index is 0.164. The number of aliphatic hydroxyl groups is 1. The zero-order valence-electron chi connectivity index (χ0n) is 10.4. The fraction of sp³-hybridized carbons (Fsp3) is 0.500. The van der Waals surface area contributed by atoms with Gasteiger partial charge in [-0.3, -0.25) is 0 Å². The lowest BCUT2D eigenvalue weighted by Crippen LogP contribution is -2.50. The predicted molar refractivity (Wildman–Crippen MR) is 71.6 cm³/mol. The summed E-state index contributed by atoms with van der Waals surface area (Å²) in [7, 11) is 0. The van der Waals surface area contributed by atoms with Gasteiger partial charge >= 0.3 is 0 Å². The molecular weight excluding hydrogens is 226 g/mol. The lowest BCUT2D eigenvalue weighted by Gasteiger charge is -2.37. The standard InChI is InChI=1S/C14H19N3O/c15-14(16-10-4-2-1-3-5-10)17-11-6-7-12(17)9-13(18)8-11/h1-5,11-13,18H,6-9H2,(H2,15,16). The van der Waals surface area contributed by atoms with Crippen molar-refractivity contribution < 1.29 is 5.11 Å². The molecule has 3 rings (SSSR count). The summed E-state index contributed by atoms with van der Waals surface area (Å²) in [5.41, 5.74) is 7.03. The van der Waals surface area contributed by atoms with Gasteiger partial charge in [-0.15, -0.1) is 0 Å². The van der Waals surface area contributed by atoms with Crippen LogP contribution in [0.1, 0.15) is 25.7 Å². The molecule has 2 atom stereocenters. The number of hydrogen-bond donors (Lipinski definition) is 2. The second-order valence-corrected chi connectivity index (χ2v) is 5.22. The second-order valence-electron chi connectivity index (χ2n) is 5.22. The summed E-state index contributed by atoms with van der Waals surface area (Å²) >= 11 is 0. The molecule has 0 aromatic heterocycles. The van der Waals surface area contributed by atoms with Gasteiger partial charge in [0.15, 0.2) is 5.96 Å². The molecule has 2 heterocycles. The first-order valence-electron chi connectivity index (χ1n) is 6.59. The van der Waals surface area contributed by atoms with E-state index in [-0.39, 0.29) is 6.10 Å². The number of nitrogens with two attached hydrogens (primary N) is 1. The zero-order chi connectivity index (χ0) is 12.5. The number of benzene rings is 1. The Hall–Kier alpha value is -1.55. The molecule has 2 saturated heterocycles. The van der Waals surface area contributed by atoms with Crippen LogP contribution >= 0.6 is 0 Å². The molecule has 4 nitrogen and oxygen atoms in total. The number of guanidine groups is 1. The van der Waals surface area contributed by atoms with Gasteiger partial charge in [-0.05, 0) is 37.8 Å². The molecule has 4 heteroatoms. The minimum atomic E-state index is -0.164. The van der Waals surface area contributed by atoms with Gasteiger partial charge in [0, 0.05) is 12.1 Å². The Bertz CT molecular complexity index is 432. The Balaban J connectivity index is 1.81. The fourth-order valence-corrected chi connectivity index (χ4v) is 3.21. The average molecular weight is 245 g/mol. The summed E-state index contributed by atoms with van der Waals surface area (Å²) in [4.78, 5) is 6.70. The van der Waals surface area contributed by atoms with Crippen molar-refractivity contribution in [3.63, 3.8) is 0 Å². The van der Waals surface area contributed by atoms with Gasteiger partial charge in [0.25, 0.3) is 0 Å². The van der Waals surface area contributed by atoms with Crippen molar-refractivity contribution >= 4 is 11.6 Å². The Labute approximate surface area is 107 Å². The molecule has 0 amide bonds. The SMILES string of the molecule is NC(=Nc1ccccc1)N1C2CCC1CC(O)C2. The Kier molecular flexibility index (Phi) is 2.96. The molecular formula is C14H19N3O. The lowest BCUT2D eigenvalue weighted by atomic mass is 10.0. The maximum Gasteiger partial charge on any atom is 0.197 e. The van der Waals surface area contributed by atoms with Crippen molar-refractivity contribution in [2.75, 3.05) is 0 Å². The summed E-state index contributed by atoms with van der Waals surface area (Å²) in [6, 6.07) is 10.5. The molecule has 3 N–H and O–H groups in total. The van der Waals surface area contributed by atoms with Gasteiger partial charge in [-0.1, -0.05) is 18.2 Å². The molecule has 0 aliphatic carbocycles. The van der Waals surface area contributed by atoms with Crippen LogP contribution in [0.3, 0.4) is 0 Å². The first-order chi connectivity index (χ1) is 8.74. The molecule has 0 radical (unpaired) electrons. The molecule has 2 unspecified atom stereocenters. The highest BCUT2D eigenvalue weighted by Gasteiger charge is 2.41. The van der Waals surface area contributed by atoms with E-state index in [1.165, 1.54) is 0 Å². The van der Waals surface area contributed by atoms with Gasteiger partial charge in [0.1, 0.15) is 0 Å². The second kappa shape index (κ2) is 4.61. The van der Waals surface area contributed by atoms with Crippen LogP contribution in [0.4, 0.5) is 5.69 Å². The van der Waals surface area contributed by atoms with Gasteiger partial charge in [0.2, 0.25) is 0 Å². The minimum Gasteiger partial charge on any atom is -0.393 e. The highest BCUT2D eigenvalue weighted by atomic mass is 16.3. The summed E-state index contributed by atoms with van der Waals surface area (Å²) in [5, 5.41) is 9.77. The van der Waals surface area contributed by atoms with Crippen molar-refractivity contribution in [2.45, 2.75) is 43.9 Å². The zero-order valence-corrected chi connectivity index (χ0v) is 10.4. The van der Waals surface area contributed by atoms with E-state index < -0.39 is 0 Å². The lowest BCUT2D eigenvalue weighted by molar-refractivity contribution is 0.0705. The molecule has 2 aliphatic heterocycles. The highest BCUT2D eigenvalue weighted by Crippen LogP contribution is 2.35. The van der Waals surface area contributed by atoms with Crippen LogP contribution < -0.4 is 5.73 Å². The topological polar surface area (TPSA) is 61.8 Å². The van der Waals surface area contributed by atoms with Crippen LogP contribution in [0.25, 0.3) is 0 Å². The Morgan fingerprint density at radius 1 is 1.17 bits per heavy atom. The maximum atomic E-state index is 9.77. The number of fused-ring (bicyclic) bond motifs is 2. The predicted octanol–water partition coefficient (Wildman–Crippen LogP) is 1.62. The smallest absolute Gasteiger partial charge is 0.197 e. The number of aliphatic hydroxyl groups excluding tert-OH is 1. The van der Waals surface area contributed by atoms with Crippen LogP contribution in [0.2, 0.25) is 0 Å². The number of para-hydroxylation sites is 1. The number of hydrogen-bond acceptors (Lipinski definition) is 2. The third-order valence-corrected chi connectivity index (χ3v) is 3.97. The number of aliphatic imine (C=N–C) groups is 1. The maximum absolute atomic E-state index is 9.77. The highest BCUT2D eigenvalue weighted by molar-refractivity contribution is 5.82. The fourth-order valence-electron chi connectivity index (χ4n) is 3.21. The third-order valence-electron chi connectivity index (χ3n) is 3.97. The van der Waals surface area contributed by atoms with Crippen molar-refractivity contribution in [3.05, 3.63) is 30.3 Å². The van der Waals surface area contributed by atoms with Crippen LogP contribution in [0.5, 0.6) is 0 Å². The van der Waals surface area contributed by atoms with Crippen molar-refractivity contribution in [2.24, 2.45) is 10.7 Å². The van der Waals surface area contributed by atoms with Crippen molar-refractivity contribution in [1.82, 2.24) is 4.90 Å². The molecule has 2 aliphatic rings. The van der Waals surface area contributed by atoms with Gasteiger partial charge in [0.05, 0.1) is 11.8 Å². The van der Waals surface area contributed by atoms with E-state index in [2.05, 4.69) is 9.89 Å². The summed E-state index contributed by atoms with van der Waals surface area (Å²) in [5.74, 6) is 0.598. The van der Waals surface area contributed by atoms with Crippen LogP contribution in [0.15, 0.2) is 35.3 Å². The Morgan fingerprint density at radius 3 is 2.39 bits per heavy atom. The molecule has 2 bridgehead atoms. The van der Waals surface area contributed by atoms with Crippen LogP contribution in [-0.2, 0) is 0 Å². The van der Waals surface area contributed by atoms with Crippen LogP contribution in [0, 0.1) is 0 Å². The molecule has 96 valence electrons. The number of nitrogens with zero attached hydrogens (tertiary/aromatic N) is 2. The van der Waals surface area contributed by atoms with E-state index in [4.69, 9.17) is 5.73 Å². The Morgan fingerprint density at radius 2 is 1.78 bits per heavy atom. The monoisotopic (exact) mass is 245 g/mol. The molecule has 0 spiro atoms. The van der Waals surface area contributed by atoms with Crippen LogP contribution in [-0.4, -0.2) is 34.2 Å². The average Bonchev–Trinajstić information content (AvgIpc) is 2.63. The summed E-state index contributed by atoms with van der Waals surface area (Å²) < 4.78 is 0. The van der Waals surface area contributed by atoms with Crippen molar-refractivity contribution in [3.8, 4) is 0 Å². The number of piperidine rings is 1.